The second-order valence-electron chi connectivity index (χ2n) is 5.10. The molecule has 6 heteroatoms. The molecule has 0 spiro atoms. The van der Waals surface area contributed by atoms with Gasteiger partial charge in [0.15, 0.2) is 11.5 Å². The smallest absolute Gasteiger partial charge is 0.177 e. The Morgan fingerprint density at radius 1 is 1.60 bits per heavy atom. The van der Waals surface area contributed by atoms with Gasteiger partial charge in [-0.2, -0.15) is 0 Å². The SMILES string of the molecule is CCC(=O)c1sc(N2CCCC(CO)C2)c(OC)c1N. The number of aliphatic hydroxyl groups excluding tert-OH is 1. The van der Waals surface area contributed by atoms with Crippen molar-refractivity contribution in [3.63, 3.8) is 0 Å². The number of aliphatic hydroxyl groups is 1. The second-order valence-corrected chi connectivity index (χ2v) is 6.10. The summed E-state index contributed by atoms with van der Waals surface area (Å²) in [6.45, 7) is 3.72. The molecular formula is C14H22N2O3S. The maximum atomic E-state index is 11.9. The van der Waals surface area contributed by atoms with Crippen LogP contribution in [0.25, 0.3) is 0 Å². The highest BCUT2D eigenvalue weighted by Gasteiger charge is 2.27. The van der Waals surface area contributed by atoms with Crippen molar-refractivity contribution >= 4 is 27.8 Å². The maximum absolute atomic E-state index is 11.9. The van der Waals surface area contributed by atoms with Gasteiger partial charge in [0.25, 0.3) is 0 Å². The van der Waals surface area contributed by atoms with E-state index in [1.54, 1.807) is 7.11 Å². The van der Waals surface area contributed by atoms with E-state index < -0.39 is 0 Å². The van der Waals surface area contributed by atoms with Crippen LogP contribution in [0.2, 0.25) is 0 Å². The van der Waals surface area contributed by atoms with E-state index in [2.05, 4.69) is 4.90 Å². The number of hydrogen-bond donors (Lipinski definition) is 2. The predicted molar refractivity (Wildman–Crippen MR) is 81.9 cm³/mol. The summed E-state index contributed by atoms with van der Waals surface area (Å²) in [5.74, 6) is 0.931. The maximum Gasteiger partial charge on any atom is 0.177 e. The summed E-state index contributed by atoms with van der Waals surface area (Å²) >= 11 is 1.41. The van der Waals surface area contributed by atoms with Gasteiger partial charge in [0.1, 0.15) is 5.00 Å². The van der Waals surface area contributed by atoms with Crippen LogP contribution in [0.4, 0.5) is 10.7 Å². The Hall–Kier alpha value is -1.27. The molecule has 0 amide bonds. The molecule has 5 nitrogen and oxygen atoms in total. The van der Waals surface area contributed by atoms with E-state index in [4.69, 9.17) is 10.5 Å². The van der Waals surface area contributed by atoms with Crippen LogP contribution < -0.4 is 15.4 Å². The minimum atomic E-state index is 0.0489. The zero-order chi connectivity index (χ0) is 14.7. The average Bonchev–Trinajstić information content (AvgIpc) is 2.83. The summed E-state index contributed by atoms with van der Waals surface area (Å²) in [5, 5.41) is 10.3. The van der Waals surface area contributed by atoms with Gasteiger partial charge in [-0.1, -0.05) is 6.92 Å². The zero-order valence-electron chi connectivity index (χ0n) is 12.0. The molecule has 1 saturated heterocycles. The minimum Gasteiger partial charge on any atom is -0.492 e. The van der Waals surface area contributed by atoms with E-state index in [9.17, 15) is 9.90 Å². The Morgan fingerprint density at radius 3 is 2.95 bits per heavy atom. The number of hydrogen-bond acceptors (Lipinski definition) is 6. The molecule has 1 aliphatic rings. The van der Waals surface area contributed by atoms with Gasteiger partial charge in [0, 0.05) is 26.1 Å². The lowest BCUT2D eigenvalue weighted by atomic mass is 9.99. The largest absolute Gasteiger partial charge is 0.492 e. The minimum absolute atomic E-state index is 0.0489. The summed E-state index contributed by atoms with van der Waals surface area (Å²) in [7, 11) is 1.58. The molecule has 3 N–H and O–H groups in total. The molecule has 1 aromatic rings. The summed E-state index contributed by atoms with van der Waals surface area (Å²) < 4.78 is 5.40. The van der Waals surface area contributed by atoms with Crippen LogP contribution in [-0.2, 0) is 0 Å². The van der Waals surface area contributed by atoms with Crippen LogP contribution in [0.3, 0.4) is 0 Å². The highest BCUT2D eigenvalue weighted by Crippen LogP contribution is 2.46. The molecular weight excluding hydrogens is 276 g/mol. The highest BCUT2D eigenvalue weighted by atomic mass is 32.1. The first-order chi connectivity index (χ1) is 9.62. The number of Topliss-reactive ketones (excluding diaryl/α,β-unsaturated/α-hetero) is 1. The Labute approximate surface area is 123 Å². The van der Waals surface area contributed by atoms with Gasteiger partial charge in [-0.3, -0.25) is 4.79 Å². The van der Waals surface area contributed by atoms with Gasteiger partial charge in [-0.15, -0.1) is 11.3 Å². The number of carbonyl (C=O) groups is 1. The standard InChI is InChI=1S/C14H22N2O3S/c1-3-10(18)13-11(15)12(19-2)14(20-13)16-6-4-5-9(7-16)8-17/h9,17H,3-8,15H2,1-2H3. The molecule has 1 fully saturated rings. The lowest BCUT2D eigenvalue weighted by molar-refractivity contribution is 0.0992. The van der Waals surface area contributed by atoms with E-state index in [-0.39, 0.29) is 18.3 Å². The van der Waals surface area contributed by atoms with Gasteiger partial charge in [0.2, 0.25) is 0 Å². The molecule has 2 rings (SSSR count). The first kappa shape index (κ1) is 15.1. The number of carbonyl (C=O) groups excluding carboxylic acids is 1. The quantitative estimate of drug-likeness (QED) is 0.815. The molecule has 1 atom stereocenters. The molecule has 0 radical (unpaired) electrons. The number of ketones is 1. The highest BCUT2D eigenvalue weighted by molar-refractivity contribution is 7.19. The monoisotopic (exact) mass is 298 g/mol. The lowest BCUT2D eigenvalue weighted by Crippen LogP contribution is -2.36. The number of nitrogens with two attached hydrogens (primary N) is 1. The van der Waals surface area contributed by atoms with Crippen LogP contribution >= 0.6 is 11.3 Å². The number of piperidine rings is 1. The molecule has 0 saturated carbocycles. The van der Waals surface area contributed by atoms with Crippen molar-refractivity contribution in [3.05, 3.63) is 4.88 Å². The summed E-state index contributed by atoms with van der Waals surface area (Å²) in [6, 6.07) is 0. The van der Waals surface area contributed by atoms with Crippen molar-refractivity contribution in [1.82, 2.24) is 0 Å². The van der Waals surface area contributed by atoms with Crippen molar-refractivity contribution in [3.8, 4) is 5.75 Å². The number of rotatable bonds is 5. The number of methoxy groups -OCH3 is 1. The molecule has 0 bridgehead atoms. The van der Waals surface area contributed by atoms with Crippen LogP contribution in [0, 0.1) is 5.92 Å². The van der Waals surface area contributed by atoms with Gasteiger partial charge in [0.05, 0.1) is 17.7 Å². The molecule has 0 aliphatic carbocycles. The molecule has 20 heavy (non-hydrogen) atoms. The van der Waals surface area contributed by atoms with Gasteiger partial charge < -0.3 is 20.5 Å². The fourth-order valence-corrected chi connectivity index (χ4v) is 3.82. The third kappa shape index (κ3) is 2.76. The van der Waals surface area contributed by atoms with Gasteiger partial charge >= 0.3 is 0 Å². The van der Waals surface area contributed by atoms with Crippen molar-refractivity contribution in [2.45, 2.75) is 26.2 Å². The Morgan fingerprint density at radius 2 is 2.35 bits per heavy atom. The van der Waals surface area contributed by atoms with Crippen molar-refractivity contribution in [2.24, 2.45) is 5.92 Å². The first-order valence-corrected chi connectivity index (χ1v) is 7.79. The fraction of sp³-hybridized carbons (Fsp3) is 0.643. The van der Waals surface area contributed by atoms with Crippen LogP contribution in [0.15, 0.2) is 0 Å². The first-order valence-electron chi connectivity index (χ1n) is 6.97. The summed E-state index contributed by atoms with van der Waals surface area (Å²) in [4.78, 5) is 14.7. The van der Waals surface area contributed by atoms with Gasteiger partial charge in [-0.25, -0.2) is 0 Å². The molecule has 1 unspecified atom stereocenters. The summed E-state index contributed by atoms with van der Waals surface area (Å²) in [6.07, 6.45) is 2.51. The predicted octanol–water partition coefficient (Wildman–Crippen LogP) is 2.14. The normalized spacial score (nSPS) is 19.1. The number of anilines is 2. The summed E-state index contributed by atoms with van der Waals surface area (Å²) in [5.41, 5.74) is 6.50. The number of thiophene rings is 1. The van der Waals surface area contributed by atoms with Crippen LogP contribution in [0.5, 0.6) is 5.75 Å². The van der Waals surface area contributed by atoms with E-state index in [0.29, 0.717) is 22.7 Å². The van der Waals surface area contributed by atoms with E-state index in [1.165, 1.54) is 11.3 Å². The number of nitrogen functional groups attached to an aromatic ring is 1. The average molecular weight is 298 g/mol. The lowest BCUT2D eigenvalue weighted by Gasteiger charge is -2.32. The third-order valence-electron chi connectivity index (χ3n) is 3.73. The van der Waals surface area contributed by atoms with Crippen molar-refractivity contribution in [1.29, 1.82) is 0 Å². The molecule has 0 aromatic carbocycles. The Bertz CT molecular complexity index is 487. The Balaban J connectivity index is 2.33. The van der Waals surface area contributed by atoms with Crippen molar-refractivity contribution < 1.29 is 14.6 Å². The van der Waals surface area contributed by atoms with E-state index in [0.717, 1.165) is 30.9 Å². The van der Waals surface area contributed by atoms with E-state index >= 15 is 0 Å². The topological polar surface area (TPSA) is 75.8 Å². The molecule has 1 aromatic heterocycles. The number of nitrogens with zero attached hydrogens (tertiary/aromatic N) is 1. The van der Waals surface area contributed by atoms with Gasteiger partial charge in [-0.05, 0) is 18.8 Å². The zero-order valence-corrected chi connectivity index (χ0v) is 12.8. The Kier molecular flexibility index (Phi) is 4.88. The second kappa shape index (κ2) is 6.45. The molecule has 1 aliphatic heterocycles. The molecule has 2 heterocycles. The fourth-order valence-electron chi connectivity index (χ4n) is 2.59. The third-order valence-corrected chi connectivity index (χ3v) is 5.01. The van der Waals surface area contributed by atoms with Crippen LogP contribution in [0.1, 0.15) is 35.9 Å². The van der Waals surface area contributed by atoms with Crippen molar-refractivity contribution in [2.75, 3.05) is 37.4 Å². The molecule has 112 valence electrons. The van der Waals surface area contributed by atoms with Crippen LogP contribution in [-0.4, -0.2) is 37.7 Å². The van der Waals surface area contributed by atoms with E-state index in [1.807, 2.05) is 6.92 Å². The number of ether oxygens (including phenoxy) is 1.